The molecule has 0 saturated heterocycles. The minimum Gasteiger partial charge on any atom is -0.391 e. The Morgan fingerprint density at radius 1 is 1.39 bits per heavy atom. The van der Waals surface area contributed by atoms with Crippen molar-refractivity contribution in [1.82, 2.24) is 9.88 Å². The first-order valence-electron chi connectivity index (χ1n) is 8.19. The molecule has 0 saturated carbocycles. The minimum atomic E-state index is -1.53. The number of amides is 2. The molecule has 3 N–H and O–H groups in total. The largest absolute Gasteiger partial charge is 0.418 e. The Hall–Kier alpha value is -3.01. The molecule has 0 radical (unpaired) electrons. The third-order valence-corrected chi connectivity index (χ3v) is 4.63. The highest BCUT2D eigenvalue weighted by Crippen LogP contribution is 2.33. The number of carbonyl (C=O) groups is 2. The molecule has 146 valence electrons. The summed E-state index contributed by atoms with van der Waals surface area (Å²) in [5.74, 6) is -0.741. The minimum absolute atomic E-state index is 0.00781. The van der Waals surface area contributed by atoms with Gasteiger partial charge in [-0.2, -0.15) is 0 Å². The van der Waals surface area contributed by atoms with Gasteiger partial charge in [0.2, 0.25) is 5.88 Å². The van der Waals surface area contributed by atoms with Crippen molar-refractivity contribution in [1.29, 1.82) is 0 Å². The van der Waals surface area contributed by atoms with Crippen molar-refractivity contribution in [2.45, 2.75) is 12.5 Å². The van der Waals surface area contributed by atoms with Gasteiger partial charge in [0.25, 0.3) is 5.91 Å². The van der Waals surface area contributed by atoms with Gasteiger partial charge in [0.1, 0.15) is 11.7 Å². The van der Waals surface area contributed by atoms with Gasteiger partial charge in [0, 0.05) is 35.0 Å². The number of anilines is 1. The molecule has 10 heteroatoms. The van der Waals surface area contributed by atoms with E-state index in [0.717, 1.165) is 10.5 Å². The van der Waals surface area contributed by atoms with Crippen LogP contribution in [0.2, 0.25) is 0 Å². The first kappa shape index (κ1) is 19.7. The number of nitrogens with zero attached hydrogens (tertiary/aromatic N) is 3. The van der Waals surface area contributed by atoms with Crippen LogP contribution in [0, 0.1) is 5.82 Å². The third kappa shape index (κ3) is 3.96. The van der Waals surface area contributed by atoms with Gasteiger partial charge in [-0.05, 0) is 47.1 Å². The van der Waals surface area contributed by atoms with Crippen LogP contribution in [0.4, 0.5) is 14.9 Å². The zero-order chi connectivity index (χ0) is 20.5. The molecular formula is C18H17BrFN5O3. The summed E-state index contributed by atoms with van der Waals surface area (Å²) in [7, 11) is 1.56. The summed E-state index contributed by atoms with van der Waals surface area (Å²) in [6.07, 6.45) is 0.667. The van der Waals surface area contributed by atoms with Gasteiger partial charge < -0.3 is 15.4 Å². The Balaban J connectivity index is 1.85. The third-order valence-electron chi connectivity index (χ3n) is 4.16. The van der Waals surface area contributed by atoms with Gasteiger partial charge >= 0.3 is 6.09 Å². The van der Waals surface area contributed by atoms with Crippen LogP contribution in [0.1, 0.15) is 12.5 Å². The fourth-order valence-corrected chi connectivity index (χ4v) is 3.10. The quantitative estimate of drug-likeness (QED) is 0.748. The lowest BCUT2D eigenvalue weighted by Gasteiger charge is -2.34. The van der Waals surface area contributed by atoms with E-state index in [1.165, 1.54) is 36.2 Å². The smallest absolute Gasteiger partial charge is 0.391 e. The zero-order valence-corrected chi connectivity index (χ0v) is 16.7. The molecule has 2 aromatic rings. The van der Waals surface area contributed by atoms with Crippen molar-refractivity contribution >= 4 is 39.5 Å². The number of ether oxygens (including phenoxy) is 1. The number of hydrogen-bond donors (Lipinski definition) is 2. The van der Waals surface area contributed by atoms with Crippen LogP contribution in [0.25, 0.3) is 0 Å². The van der Waals surface area contributed by atoms with Crippen molar-refractivity contribution in [2.75, 3.05) is 18.9 Å². The van der Waals surface area contributed by atoms with Crippen molar-refractivity contribution < 1.29 is 18.7 Å². The molecule has 0 spiro atoms. The molecule has 0 bridgehead atoms. The normalized spacial score (nSPS) is 19.2. The zero-order valence-electron chi connectivity index (χ0n) is 15.1. The van der Waals surface area contributed by atoms with Crippen LogP contribution >= 0.6 is 15.9 Å². The maximum Gasteiger partial charge on any atom is 0.418 e. The van der Waals surface area contributed by atoms with Crippen LogP contribution in [-0.2, 0) is 10.3 Å². The summed E-state index contributed by atoms with van der Waals surface area (Å²) in [6.45, 7) is 1.64. The second-order valence-corrected chi connectivity index (χ2v) is 7.28. The Morgan fingerprint density at radius 3 is 2.82 bits per heavy atom. The van der Waals surface area contributed by atoms with Crippen molar-refractivity contribution in [3.8, 4) is 5.88 Å². The summed E-state index contributed by atoms with van der Waals surface area (Å²) in [5.41, 5.74) is 4.49. The summed E-state index contributed by atoms with van der Waals surface area (Å²) in [5, 5.41) is 2.48. The molecule has 8 nitrogen and oxygen atoms in total. The average Bonchev–Trinajstić information content (AvgIpc) is 2.63. The maximum atomic E-state index is 14.5. The number of amidine groups is 1. The van der Waals surface area contributed by atoms with Gasteiger partial charge in [-0.25, -0.2) is 19.2 Å². The molecule has 1 aliphatic rings. The molecule has 1 atom stereocenters. The fourth-order valence-electron chi connectivity index (χ4n) is 2.87. The van der Waals surface area contributed by atoms with Crippen molar-refractivity contribution in [3.63, 3.8) is 0 Å². The van der Waals surface area contributed by atoms with E-state index in [2.05, 4.69) is 31.2 Å². The number of halogens is 2. The number of pyridine rings is 1. The fraction of sp³-hybridized carbons (Fsp3) is 0.222. The van der Waals surface area contributed by atoms with Gasteiger partial charge in [-0.1, -0.05) is 0 Å². The van der Waals surface area contributed by atoms with E-state index in [4.69, 9.17) is 10.5 Å². The Kier molecular flexibility index (Phi) is 5.32. The Bertz CT molecular complexity index is 966. The predicted molar refractivity (Wildman–Crippen MR) is 105 cm³/mol. The van der Waals surface area contributed by atoms with E-state index in [0.29, 0.717) is 0 Å². The first-order chi connectivity index (χ1) is 13.2. The van der Waals surface area contributed by atoms with Gasteiger partial charge in [-0.15, -0.1) is 0 Å². The summed E-state index contributed by atoms with van der Waals surface area (Å²) < 4.78 is 20.3. The number of nitrogens with two attached hydrogens (primary N) is 1. The van der Waals surface area contributed by atoms with E-state index >= 15 is 0 Å². The molecule has 1 aliphatic heterocycles. The number of hydrogen-bond acceptors (Lipinski definition) is 6. The lowest BCUT2D eigenvalue weighted by molar-refractivity contribution is -0.135. The van der Waals surface area contributed by atoms with E-state index in [-0.39, 0.29) is 29.5 Å². The number of benzene rings is 1. The number of carbonyl (C=O) groups excluding carboxylic acids is 2. The van der Waals surface area contributed by atoms with Crippen LogP contribution < -0.4 is 15.8 Å². The molecule has 2 amide bonds. The van der Waals surface area contributed by atoms with E-state index < -0.39 is 23.4 Å². The van der Waals surface area contributed by atoms with Crippen molar-refractivity contribution in [3.05, 3.63) is 52.4 Å². The monoisotopic (exact) mass is 449 g/mol. The molecule has 3 rings (SSSR count). The molecule has 2 heterocycles. The molecule has 28 heavy (non-hydrogen) atoms. The van der Waals surface area contributed by atoms with E-state index in [1.54, 1.807) is 13.1 Å². The standard InChI is InChI=1S/C18H17BrFN5O3/c1-18(16(26)25(2)9-14(21)24-18)12-7-11(4-5-13(12)20)23-17(27)28-15-6-3-10(19)8-22-15/h3-8H,9H2,1-2H3,(H2,21,24)(H,23,27). The highest BCUT2D eigenvalue weighted by Gasteiger charge is 2.42. The molecule has 1 aromatic heterocycles. The van der Waals surface area contributed by atoms with Gasteiger partial charge in [0.05, 0.1) is 6.54 Å². The highest BCUT2D eigenvalue weighted by molar-refractivity contribution is 9.10. The number of rotatable bonds is 3. The number of nitrogens with one attached hydrogen (secondary N) is 1. The average molecular weight is 450 g/mol. The first-order valence-corrected chi connectivity index (χ1v) is 8.98. The second-order valence-electron chi connectivity index (χ2n) is 6.36. The van der Waals surface area contributed by atoms with Gasteiger partial charge in [0.15, 0.2) is 5.54 Å². The van der Waals surface area contributed by atoms with Crippen LogP contribution in [0.15, 0.2) is 46.0 Å². The summed E-state index contributed by atoms with van der Waals surface area (Å²) in [4.78, 5) is 34.2. The van der Waals surface area contributed by atoms with Crippen LogP contribution in [0.3, 0.4) is 0 Å². The predicted octanol–water partition coefficient (Wildman–Crippen LogP) is 2.64. The Labute approximate surface area is 168 Å². The highest BCUT2D eigenvalue weighted by atomic mass is 79.9. The molecular weight excluding hydrogens is 433 g/mol. The molecule has 1 aromatic carbocycles. The topological polar surface area (TPSA) is 110 Å². The number of aromatic nitrogens is 1. The Morgan fingerprint density at radius 2 is 2.14 bits per heavy atom. The van der Waals surface area contributed by atoms with Crippen LogP contribution in [-0.4, -0.2) is 41.3 Å². The van der Waals surface area contributed by atoms with Gasteiger partial charge in [-0.3, -0.25) is 10.1 Å². The van der Waals surface area contributed by atoms with E-state index in [1.807, 2.05) is 0 Å². The molecule has 0 fully saturated rings. The molecule has 1 unspecified atom stereocenters. The SMILES string of the molecule is CN1CC(N)=NC(C)(c2cc(NC(=O)Oc3ccc(Br)cn3)ccc2F)C1=O. The second kappa shape index (κ2) is 7.55. The maximum absolute atomic E-state index is 14.5. The van der Waals surface area contributed by atoms with Crippen molar-refractivity contribution in [2.24, 2.45) is 10.7 Å². The number of likely N-dealkylation sites (N-methyl/N-ethyl adjacent to an activating group) is 1. The van der Waals surface area contributed by atoms with Crippen LogP contribution in [0.5, 0.6) is 5.88 Å². The summed E-state index contributed by atoms with van der Waals surface area (Å²) in [6, 6.07) is 7.00. The lowest BCUT2D eigenvalue weighted by Crippen LogP contribution is -2.51. The summed E-state index contributed by atoms with van der Waals surface area (Å²) >= 11 is 3.23. The van der Waals surface area contributed by atoms with E-state index in [9.17, 15) is 14.0 Å². The lowest BCUT2D eigenvalue weighted by atomic mass is 9.89. The number of aliphatic imine (C=N–C) groups is 1. The molecule has 0 aliphatic carbocycles.